The highest BCUT2D eigenvalue weighted by Crippen LogP contribution is 2.31. The van der Waals surface area contributed by atoms with Crippen LogP contribution in [0.4, 0.5) is 0 Å². The maximum Gasteiger partial charge on any atom is 0.166 e. The van der Waals surface area contributed by atoms with E-state index < -0.39 is 0 Å². The average molecular weight is 227 g/mol. The van der Waals surface area contributed by atoms with E-state index in [1.807, 2.05) is 24.3 Å². The molecule has 0 aliphatic heterocycles. The van der Waals surface area contributed by atoms with Gasteiger partial charge in [-0.3, -0.25) is 4.79 Å². The second-order valence-electron chi connectivity index (χ2n) is 3.59. The Morgan fingerprint density at radius 2 is 2.12 bits per heavy atom. The highest BCUT2D eigenvalue weighted by atomic mass is 32.1. The minimum absolute atomic E-state index is 0.624. The highest BCUT2D eigenvalue weighted by molar-refractivity contribution is 7.13. The van der Waals surface area contributed by atoms with E-state index in [2.05, 4.69) is 22.5 Å². The summed E-state index contributed by atoms with van der Waals surface area (Å²) in [5.41, 5.74) is 2.81. The third kappa shape index (κ3) is 1.37. The summed E-state index contributed by atoms with van der Waals surface area (Å²) in [5.74, 6) is 0. The predicted molar refractivity (Wildman–Crippen MR) is 67.0 cm³/mol. The molecule has 78 valence electrons. The molecule has 0 atom stereocenters. The van der Waals surface area contributed by atoms with Gasteiger partial charge in [-0.2, -0.15) is 0 Å². The smallest absolute Gasteiger partial charge is 0.166 e. The first-order valence-electron chi connectivity index (χ1n) is 4.99. The summed E-state index contributed by atoms with van der Waals surface area (Å²) in [6.07, 6.45) is 0.845. The number of carbonyl (C=O) groups is 1. The molecule has 0 saturated heterocycles. The molecule has 0 aliphatic rings. The lowest BCUT2D eigenvalue weighted by molar-refractivity contribution is 0.112. The van der Waals surface area contributed by atoms with E-state index in [9.17, 15) is 4.79 Å². The van der Waals surface area contributed by atoms with Gasteiger partial charge >= 0.3 is 0 Å². The van der Waals surface area contributed by atoms with Crippen molar-refractivity contribution in [2.24, 2.45) is 0 Å². The molecule has 1 N–H and O–H groups in total. The van der Waals surface area contributed by atoms with Crippen molar-refractivity contribution in [2.75, 3.05) is 0 Å². The fourth-order valence-corrected chi connectivity index (χ4v) is 2.65. The van der Waals surface area contributed by atoms with E-state index in [-0.39, 0.29) is 0 Å². The number of hydrogen-bond acceptors (Lipinski definition) is 2. The number of carbonyl (C=O) groups excluding carboxylic acids is 1. The molecule has 3 aromatic rings. The van der Waals surface area contributed by atoms with Crippen LogP contribution in [0.3, 0.4) is 0 Å². The molecular formula is C13H9NOS. The Morgan fingerprint density at radius 3 is 2.88 bits per heavy atom. The summed E-state index contributed by atoms with van der Waals surface area (Å²) in [6.45, 7) is 0. The van der Waals surface area contributed by atoms with Gasteiger partial charge < -0.3 is 4.98 Å². The average Bonchev–Trinajstić information content (AvgIpc) is 2.97. The van der Waals surface area contributed by atoms with Gasteiger partial charge in [0.2, 0.25) is 0 Å². The Labute approximate surface area is 96.5 Å². The van der Waals surface area contributed by atoms with Gasteiger partial charge in [-0.1, -0.05) is 18.2 Å². The number of aldehydes is 1. The van der Waals surface area contributed by atoms with Crippen LogP contribution in [-0.4, -0.2) is 11.3 Å². The number of H-pyrrole nitrogens is 1. The van der Waals surface area contributed by atoms with E-state index in [1.165, 1.54) is 10.4 Å². The molecule has 2 nitrogen and oxygen atoms in total. The van der Waals surface area contributed by atoms with Gasteiger partial charge in [-0.25, -0.2) is 0 Å². The Kier molecular flexibility index (Phi) is 2.11. The van der Waals surface area contributed by atoms with Gasteiger partial charge in [0.1, 0.15) is 0 Å². The van der Waals surface area contributed by atoms with Crippen LogP contribution in [0.15, 0.2) is 41.8 Å². The molecule has 16 heavy (non-hydrogen) atoms. The van der Waals surface area contributed by atoms with Gasteiger partial charge in [0.15, 0.2) is 6.29 Å². The van der Waals surface area contributed by atoms with Crippen molar-refractivity contribution in [3.8, 4) is 10.4 Å². The van der Waals surface area contributed by atoms with Gasteiger partial charge in [-0.15, -0.1) is 11.3 Å². The van der Waals surface area contributed by atoms with Crippen LogP contribution in [0.1, 0.15) is 10.5 Å². The molecule has 0 saturated carbocycles. The van der Waals surface area contributed by atoms with E-state index in [0.29, 0.717) is 5.69 Å². The summed E-state index contributed by atoms with van der Waals surface area (Å²) < 4.78 is 0. The lowest BCUT2D eigenvalue weighted by Gasteiger charge is -1.98. The largest absolute Gasteiger partial charge is 0.352 e. The molecule has 0 bridgehead atoms. The maximum absolute atomic E-state index is 10.7. The van der Waals surface area contributed by atoms with Gasteiger partial charge in [0.05, 0.1) is 5.69 Å². The predicted octanol–water partition coefficient (Wildman–Crippen LogP) is 3.71. The molecule has 0 spiro atoms. The van der Waals surface area contributed by atoms with Crippen LogP contribution in [-0.2, 0) is 0 Å². The first kappa shape index (κ1) is 9.36. The fraction of sp³-hybridized carbons (Fsp3) is 0. The zero-order valence-electron chi connectivity index (χ0n) is 8.44. The minimum atomic E-state index is 0.624. The third-order valence-electron chi connectivity index (χ3n) is 2.60. The Bertz CT molecular complexity index is 637. The zero-order valence-corrected chi connectivity index (χ0v) is 9.25. The standard InChI is InChI=1S/C13H9NOS/c15-8-9-7-11-10(13-5-2-6-16-13)3-1-4-12(11)14-9/h1-8,14H. The number of aromatic nitrogens is 1. The third-order valence-corrected chi connectivity index (χ3v) is 3.50. The van der Waals surface area contributed by atoms with E-state index in [1.54, 1.807) is 11.3 Å². The van der Waals surface area contributed by atoms with Crippen molar-refractivity contribution in [1.82, 2.24) is 4.98 Å². The van der Waals surface area contributed by atoms with Crippen LogP contribution in [0.2, 0.25) is 0 Å². The summed E-state index contributed by atoms with van der Waals surface area (Å²) in [7, 11) is 0. The molecule has 2 heterocycles. The van der Waals surface area contributed by atoms with Crippen molar-refractivity contribution in [1.29, 1.82) is 0 Å². The van der Waals surface area contributed by atoms with Crippen molar-refractivity contribution >= 4 is 28.5 Å². The lowest BCUT2D eigenvalue weighted by Crippen LogP contribution is -1.74. The number of rotatable bonds is 2. The SMILES string of the molecule is O=Cc1cc2c(-c3cccs3)cccc2[nH]1. The molecule has 0 aliphatic carbocycles. The number of nitrogens with one attached hydrogen (secondary N) is 1. The van der Waals surface area contributed by atoms with Crippen molar-refractivity contribution < 1.29 is 4.79 Å². The second kappa shape index (κ2) is 3.61. The van der Waals surface area contributed by atoms with Gasteiger partial charge in [-0.05, 0) is 23.6 Å². The monoisotopic (exact) mass is 227 g/mol. The van der Waals surface area contributed by atoms with Crippen LogP contribution in [0.25, 0.3) is 21.3 Å². The zero-order chi connectivity index (χ0) is 11.0. The van der Waals surface area contributed by atoms with Crippen LogP contribution in [0, 0.1) is 0 Å². The number of aromatic amines is 1. The van der Waals surface area contributed by atoms with E-state index in [4.69, 9.17) is 0 Å². The molecule has 3 rings (SSSR count). The van der Waals surface area contributed by atoms with Crippen LogP contribution >= 0.6 is 11.3 Å². The Hall–Kier alpha value is -1.87. The van der Waals surface area contributed by atoms with Crippen molar-refractivity contribution in [3.63, 3.8) is 0 Å². The Balaban J connectivity index is 2.32. The van der Waals surface area contributed by atoms with Gasteiger partial charge in [0.25, 0.3) is 0 Å². The first-order chi connectivity index (χ1) is 7.88. The number of hydrogen-bond donors (Lipinski definition) is 1. The lowest BCUT2D eigenvalue weighted by atomic mass is 10.1. The van der Waals surface area contributed by atoms with Gasteiger partial charge in [0, 0.05) is 21.3 Å². The Morgan fingerprint density at radius 1 is 1.19 bits per heavy atom. The second-order valence-corrected chi connectivity index (χ2v) is 4.53. The molecule has 0 unspecified atom stereocenters. The van der Waals surface area contributed by atoms with Crippen molar-refractivity contribution in [3.05, 3.63) is 47.5 Å². The molecule has 0 fully saturated rings. The number of benzene rings is 1. The van der Waals surface area contributed by atoms with Crippen LogP contribution < -0.4 is 0 Å². The summed E-state index contributed by atoms with van der Waals surface area (Å²) >= 11 is 1.71. The molecule has 0 radical (unpaired) electrons. The number of thiophene rings is 1. The molecule has 0 amide bonds. The maximum atomic E-state index is 10.7. The topological polar surface area (TPSA) is 32.9 Å². The molecular weight excluding hydrogens is 218 g/mol. The summed E-state index contributed by atoms with van der Waals surface area (Å²) in [6, 6.07) is 12.1. The molecule has 1 aromatic carbocycles. The summed E-state index contributed by atoms with van der Waals surface area (Å²) in [4.78, 5) is 15.1. The highest BCUT2D eigenvalue weighted by Gasteiger charge is 2.07. The first-order valence-corrected chi connectivity index (χ1v) is 5.87. The fourth-order valence-electron chi connectivity index (χ4n) is 1.89. The van der Waals surface area contributed by atoms with E-state index in [0.717, 1.165) is 17.2 Å². The van der Waals surface area contributed by atoms with Crippen molar-refractivity contribution in [2.45, 2.75) is 0 Å². The summed E-state index contributed by atoms with van der Waals surface area (Å²) in [5, 5.41) is 3.16. The number of fused-ring (bicyclic) bond motifs is 1. The minimum Gasteiger partial charge on any atom is -0.352 e. The molecule has 3 heteroatoms. The normalized spacial score (nSPS) is 10.8. The van der Waals surface area contributed by atoms with Crippen LogP contribution in [0.5, 0.6) is 0 Å². The quantitative estimate of drug-likeness (QED) is 0.665. The molecule has 2 aromatic heterocycles. The van der Waals surface area contributed by atoms with E-state index >= 15 is 0 Å².